The van der Waals surface area contributed by atoms with Gasteiger partial charge in [0.1, 0.15) is 0 Å². The summed E-state index contributed by atoms with van der Waals surface area (Å²) in [7, 11) is 0. The van der Waals surface area contributed by atoms with E-state index in [0.717, 1.165) is 33.3 Å². The van der Waals surface area contributed by atoms with Crippen LogP contribution in [0.5, 0.6) is 0 Å². The topological polar surface area (TPSA) is 43.6 Å². The van der Waals surface area contributed by atoms with E-state index >= 15 is 0 Å². The molecule has 52 heavy (non-hydrogen) atoms. The molecule has 0 N–H and O–H groups in total. The Hall–Kier alpha value is -6.65. The molecule has 1 aliphatic rings. The van der Waals surface area contributed by atoms with Crippen LogP contribution in [0.25, 0.3) is 83.9 Å². The molecule has 0 atom stereocenters. The lowest BCUT2D eigenvalue weighted by atomic mass is 9.81. The SMILES string of the molecule is CC1(C)c2ccccc2-c2ccc3c4ccccc4n(-c4nc(-c5ccc(-c6ccccc6)cc5)nc(-c5ccc(-c6ccccc6)cc5)n4)c3c21. The molecule has 2 aromatic heterocycles. The second-order valence-electron chi connectivity index (χ2n) is 14.1. The van der Waals surface area contributed by atoms with Gasteiger partial charge in [0.05, 0.1) is 11.0 Å². The Labute approximate surface area is 302 Å². The summed E-state index contributed by atoms with van der Waals surface area (Å²) in [4.78, 5) is 15.8. The summed E-state index contributed by atoms with van der Waals surface area (Å²) in [6.45, 7) is 4.68. The largest absolute Gasteiger partial charge is 0.277 e. The number of nitrogens with zero attached hydrogens (tertiary/aromatic N) is 4. The summed E-state index contributed by atoms with van der Waals surface area (Å²) >= 11 is 0. The van der Waals surface area contributed by atoms with E-state index in [1.165, 1.54) is 44.2 Å². The second kappa shape index (κ2) is 11.7. The van der Waals surface area contributed by atoms with Crippen LogP contribution in [0.2, 0.25) is 0 Å². The molecule has 0 saturated heterocycles. The Morgan fingerprint density at radius 2 is 0.904 bits per heavy atom. The molecule has 0 spiro atoms. The monoisotopic (exact) mass is 666 g/mol. The lowest BCUT2D eigenvalue weighted by Gasteiger charge is -2.23. The number of hydrogen-bond donors (Lipinski definition) is 0. The van der Waals surface area contributed by atoms with E-state index in [4.69, 9.17) is 15.0 Å². The fourth-order valence-electron chi connectivity index (χ4n) is 8.13. The van der Waals surface area contributed by atoms with E-state index < -0.39 is 0 Å². The third-order valence-corrected chi connectivity index (χ3v) is 10.7. The van der Waals surface area contributed by atoms with Crippen molar-refractivity contribution < 1.29 is 0 Å². The number of aromatic nitrogens is 4. The smallest absolute Gasteiger partial charge is 0.238 e. The zero-order chi connectivity index (χ0) is 34.8. The van der Waals surface area contributed by atoms with Crippen LogP contribution in [-0.2, 0) is 5.41 Å². The Balaban J connectivity index is 1.22. The van der Waals surface area contributed by atoms with Crippen molar-refractivity contribution in [2.24, 2.45) is 0 Å². The van der Waals surface area contributed by atoms with Crippen molar-refractivity contribution in [2.75, 3.05) is 0 Å². The molecular formula is C48H34N4. The van der Waals surface area contributed by atoms with Crippen LogP contribution < -0.4 is 0 Å². The molecule has 2 heterocycles. The maximum atomic E-state index is 5.30. The van der Waals surface area contributed by atoms with Crippen LogP contribution in [-0.4, -0.2) is 19.5 Å². The van der Waals surface area contributed by atoms with Gasteiger partial charge in [0, 0.05) is 27.3 Å². The highest BCUT2D eigenvalue weighted by molar-refractivity contribution is 6.13. The molecule has 0 radical (unpaired) electrons. The average Bonchev–Trinajstić information content (AvgIpc) is 3.67. The first-order valence-corrected chi connectivity index (χ1v) is 17.8. The first-order chi connectivity index (χ1) is 25.5. The van der Waals surface area contributed by atoms with Gasteiger partial charge >= 0.3 is 0 Å². The fourth-order valence-corrected chi connectivity index (χ4v) is 8.13. The quantitative estimate of drug-likeness (QED) is 0.184. The van der Waals surface area contributed by atoms with Gasteiger partial charge in [0.2, 0.25) is 5.95 Å². The van der Waals surface area contributed by atoms with Gasteiger partial charge in [0.25, 0.3) is 0 Å². The van der Waals surface area contributed by atoms with Crippen molar-refractivity contribution in [2.45, 2.75) is 19.3 Å². The van der Waals surface area contributed by atoms with Crippen LogP contribution in [0.15, 0.2) is 170 Å². The van der Waals surface area contributed by atoms with Gasteiger partial charge in [-0.1, -0.05) is 178 Å². The molecule has 9 aromatic rings. The first-order valence-electron chi connectivity index (χ1n) is 17.8. The molecule has 0 unspecified atom stereocenters. The van der Waals surface area contributed by atoms with Crippen molar-refractivity contribution in [3.63, 3.8) is 0 Å². The van der Waals surface area contributed by atoms with Gasteiger partial charge in [-0.15, -0.1) is 0 Å². The van der Waals surface area contributed by atoms with Crippen LogP contribution in [0, 0.1) is 0 Å². The molecule has 4 heteroatoms. The molecule has 0 aliphatic heterocycles. The molecule has 0 bridgehead atoms. The highest BCUT2D eigenvalue weighted by Crippen LogP contribution is 2.52. The molecule has 10 rings (SSSR count). The molecule has 4 nitrogen and oxygen atoms in total. The van der Waals surface area contributed by atoms with Crippen molar-refractivity contribution in [1.29, 1.82) is 0 Å². The van der Waals surface area contributed by atoms with Crippen LogP contribution in [0.1, 0.15) is 25.0 Å². The summed E-state index contributed by atoms with van der Waals surface area (Å²) in [5.74, 6) is 1.87. The van der Waals surface area contributed by atoms with Crippen LogP contribution in [0.3, 0.4) is 0 Å². The Bertz CT molecular complexity index is 2680. The Morgan fingerprint density at radius 1 is 0.404 bits per heavy atom. The summed E-state index contributed by atoms with van der Waals surface area (Å²) in [6, 6.07) is 60.0. The van der Waals surface area contributed by atoms with Crippen molar-refractivity contribution in [3.8, 4) is 62.1 Å². The van der Waals surface area contributed by atoms with Crippen LogP contribution >= 0.6 is 0 Å². The van der Waals surface area contributed by atoms with Gasteiger partial charge in [0.15, 0.2) is 11.6 Å². The molecule has 0 fully saturated rings. The van der Waals surface area contributed by atoms with Gasteiger partial charge in [-0.25, -0.2) is 4.98 Å². The summed E-state index contributed by atoms with van der Waals surface area (Å²) < 4.78 is 2.28. The third-order valence-electron chi connectivity index (χ3n) is 10.7. The zero-order valence-electron chi connectivity index (χ0n) is 29.0. The van der Waals surface area contributed by atoms with E-state index in [2.05, 4.69) is 176 Å². The number of para-hydroxylation sites is 1. The van der Waals surface area contributed by atoms with E-state index in [0.29, 0.717) is 17.6 Å². The van der Waals surface area contributed by atoms with E-state index in [-0.39, 0.29) is 5.41 Å². The predicted octanol–water partition coefficient (Wildman–Crippen LogP) is 11.9. The van der Waals surface area contributed by atoms with Crippen LogP contribution in [0.4, 0.5) is 0 Å². The molecule has 1 aliphatic carbocycles. The molecule has 0 amide bonds. The van der Waals surface area contributed by atoms with Gasteiger partial charge in [-0.2, -0.15) is 9.97 Å². The number of rotatable bonds is 5. The number of hydrogen-bond acceptors (Lipinski definition) is 3. The number of benzene rings is 7. The van der Waals surface area contributed by atoms with Gasteiger partial charge in [-0.05, 0) is 50.6 Å². The van der Waals surface area contributed by atoms with Crippen molar-refractivity contribution in [1.82, 2.24) is 19.5 Å². The first kappa shape index (κ1) is 30.2. The molecule has 246 valence electrons. The third kappa shape index (κ3) is 4.72. The predicted molar refractivity (Wildman–Crippen MR) is 213 cm³/mol. The minimum absolute atomic E-state index is 0.225. The minimum Gasteiger partial charge on any atom is -0.277 e. The lowest BCUT2D eigenvalue weighted by Crippen LogP contribution is -2.17. The maximum Gasteiger partial charge on any atom is 0.238 e. The van der Waals surface area contributed by atoms with E-state index in [1.54, 1.807) is 0 Å². The normalized spacial score (nSPS) is 13.0. The minimum atomic E-state index is -0.225. The Morgan fingerprint density at radius 3 is 1.52 bits per heavy atom. The van der Waals surface area contributed by atoms with E-state index in [9.17, 15) is 0 Å². The fraction of sp³-hybridized carbons (Fsp3) is 0.0625. The van der Waals surface area contributed by atoms with Gasteiger partial charge < -0.3 is 0 Å². The number of fused-ring (bicyclic) bond motifs is 7. The maximum absolute atomic E-state index is 5.30. The molecular weight excluding hydrogens is 633 g/mol. The lowest BCUT2D eigenvalue weighted by molar-refractivity contribution is 0.663. The van der Waals surface area contributed by atoms with Crippen molar-refractivity contribution in [3.05, 3.63) is 181 Å². The zero-order valence-corrected chi connectivity index (χ0v) is 29.0. The molecule has 0 saturated carbocycles. The average molecular weight is 667 g/mol. The molecule has 7 aromatic carbocycles. The highest BCUT2D eigenvalue weighted by atomic mass is 15.2. The second-order valence-corrected chi connectivity index (χ2v) is 14.1. The van der Waals surface area contributed by atoms with Crippen molar-refractivity contribution >= 4 is 21.8 Å². The van der Waals surface area contributed by atoms with E-state index in [1.807, 2.05) is 12.1 Å². The summed E-state index contributed by atoms with van der Waals surface area (Å²) in [5, 5.41) is 2.37. The van der Waals surface area contributed by atoms with Gasteiger partial charge in [-0.3, -0.25) is 4.57 Å². The summed E-state index contributed by atoms with van der Waals surface area (Å²) in [6.07, 6.45) is 0. The summed E-state index contributed by atoms with van der Waals surface area (Å²) in [5.41, 5.74) is 13.7. The Kier molecular flexibility index (Phi) is 6.80. The highest BCUT2D eigenvalue weighted by Gasteiger charge is 2.38. The standard InChI is InChI=1S/C48H34N4/c1-48(2)41-19-11-9-17-37(41)39-29-30-40-38-18-10-12-20-42(38)52(44(40)43(39)48)47-50-45(35-25-21-33(22-26-35)31-13-5-3-6-14-31)49-46(51-47)36-27-23-34(24-28-36)32-15-7-4-8-16-32/h3-30H,1-2H3.